The van der Waals surface area contributed by atoms with E-state index in [1.54, 1.807) is 6.07 Å². The number of aromatic nitrogens is 3. The second-order valence-corrected chi connectivity index (χ2v) is 5.05. The van der Waals surface area contributed by atoms with Gasteiger partial charge in [0.2, 0.25) is 0 Å². The topological polar surface area (TPSA) is 44.8 Å². The van der Waals surface area contributed by atoms with E-state index in [-0.39, 0.29) is 5.82 Å². The molecule has 102 valence electrons. The number of benzene rings is 1. The lowest BCUT2D eigenvalue weighted by Crippen LogP contribution is -2.10. The predicted octanol–water partition coefficient (Wildman–Crippen LogP) is 3.48. The van der Waals surface area contributed by atoms with Gasteiger partial charge in [0.05, 0.1) is 10.5 Å². The van der Waals surface area contributed by atoms with Crippen molar-refractivity contribution >= 4 is 28.6 Å². The maximum absolute atomic E-state index is 13.1. The van der Waals surface area contributed by atoms with Crippen molar-refractivity contribution in [1.29, 1.82) is 0 Å². The van der Waals surface area contributed by atoms with Crippen LogP contribution in [0, 0.1) is 5.82 Å². The normalized spacial score (nSPS) is 11.0. The van der Waals surface area contributed by atoms with E-state index in [0.717, 1.165) is 11.3 Å². The van der Waals surface area contributed by atoms with Crippen molar-refractivity contribution in [3.05, 3.63) is 41.2 Å². The van der Waals surface area contributed by atoms with Crippen molar-refractivity contribution in [1.82, 2.24) is 15.0 Å². The first-order valence-corrected chi connectivity index (χ1v) is 6.42. The maximum Gasteiger partial charge on any atom is 0.180 e. The van der Waals surface area contributed by atoms with E-state index in [1.165, 1.54) is 12.1 Å². The number of anilines is 1. The van der Waals surface area contributed by atoms with Crippen LogP contribution < -0.4 is 4.90 Å². The Morgan fingerprint density at radius 3 is 2.65 bits per heavy atom. The number of hydrogen-bond acceptors (Lipinski definition) is 3. The van der Waals surface area contributed by atoms with Crippen LogP contribution in [0.4, 0.5) is 10.2 Å². The summed E-state index contributed by atoms with van der Waals surface area (Å²) in [6.45, 7) is 0. The molecule has 20 heavy (non-hydrogen) atoms. The highest BCUT2D eigenvalue weighted by Gasteiger charge is 2.11. The minimum Gasteiger partial charge on any atom is -0.363 e. The average molecular weight is 291 g/mol. The molecule has 3 rings (SSSR count). The molecule has 0 aliphatic heterocycles. The third-order valence-electron chi connectivity index (χ3n) is 2.98. The molecule has 2 aromatic heterocycles. The Hall–Kier alpha value is -2.14. The predicted molar refractivity (Wildman–Crippen MR) is 78.6 cm³/mol. The van der Waals surface area contributed by atoms with E-state index < -0.39 is 0 Å². The van der Waals surface area contributed by atoms with Gasteiger partial charge in [-0.2, -0.15) is 0 Å². The molecule has 3 aromatic rings. The fourth-order valence-corrected chi connectivity index (χ4v) is 2.20. The zero-order valence-corrected chi connectivity index (χ0v) is 11.7. The Bertz CT molecular complexity index is 782. The second-order valence-electron chi connectivity index (χ2n) is 4.64. The van der Waals surface area contributed by atoms with E-state index in [0.29, 0.717) is 22.1 Å². The van der Waals surface area contributed by atoms with Crippen LogP contribution in [-0.4, -0.2) is 29.0 Å². The molecule has 0 aliphatic rings. The average Bonchev–Trinajstić information content (AvgIpc) is 2.80. The Labute approximate surface area is 120 Å². The van der Waals surface area contributed by atoms with Gasteiger partial charge in [-0.3, -0.25) is 0 Å². The summed E-state index contributed by atoms with van der Waals surface area (Å²) < 4.78 is 13.1. The number of nitrogens with zero attached hydrogens (tertiary/aromatic N) is 3. The fraction of sp³-hybridized carbons (Fsp3) is 0.143. The van der Waals surface area contributed by atoms with Crippen LogP contribution in [0.1, 0.15) is 0 Å². The summed E-state index contributed by atoms with van der Waals surface area (Å²) in [5.74, 6) is 1.03. The third kappa shape index (κ3) is 2.20. The van der Waals surface area contributed by atoms with Crippen LogP contribution in [0.15, 0.2) is 30.3 Å². The molecule has 0 radical (unpaired) electrons. The number of halogens is 2. The molecule has 0 saturated carbocycles. The van der Waals surface area contributed by atoms with Gasteiger partial charge >= 0.3 is 0 Å². The molecule has 0 atom stereocenters. The number of aromatic amines is 1. The summed E-state index contributed by atoms with van der Waals surface area (Å²) in [6.07, 6.45) is 0. The molecule has 0 aliphatic carbocycles. The molecule has 4 nitrogen and oxygen atoms in total. The van der Waals surface area contributed by atoms with Gasteiger partial charge in [-0.1, -0.05) is 11.6 Å². The Morgan fingerprint density at radius 2 is 1.95 bits per heavy atom. The molecular weight excluding hydrogens is 279 g/mol. The number of H-pyrrole nitrogens is 1. The minimum absolute atomic E-state index is 0.317. The van der Waals surface area contributed by atoms with Crippen LogP contribution >= 0.6 is 11.6 Å². The first kappa shape index (κ1) is 12.9. The molecule has 1 aromatic carbocycles. The van der Waals surface area contributed by atoms with Crippen molar-refractivity contribution < 1.29 is 4.39 Å². The third-order valence-corrected chi connectivity index (χ3v) is 3.29. The molecule has 0 unspecified atom stereocenters. The lowest BCUT2D eigenvalue weighted by atomic mass is 10.2. The van der Waals surface area contributed by atoms with Crippen molar-refractivity contribution in [2.45, 2.75) is 0 Å². The number of imidazole rings is 1. The summed E-state index contributed by atoms with van der Waals surface area (Å²) in [6, 6.07) is 8.03. The molecule has 6 heteroatoms. The number of hydrogen-bond donors (Lipinski definition) is 1. The quantitative estimate of drug-likeness (QED) is 0.786. The summed E-state index contributed by atoms with van der Waals surface area (Å²) in [5, 5.41) is 0.317. The van der Waals surface area contributed by atoms with Gasteiger partial charge in [0.25, 0.3) is 0 Å². The highest BCUT2D eigenvalue weighted by atomic mass is 35.5. The van der Waals surface area contributed by atoms with Crippen molar-refractivity contribution in [2.75, 3.05) is 19.0 Å². The highest BCUT2D eigenvalue weighted by Crippen LogP contribution is 2.28. The molecule has 0 fully saturated rings. The molecule has 1 N–H and O–H groups in total. The van der Waals surface area contributed by atoms with Crippen LogP contribution in [0.25, 0.3) is 22.6 Å². The first-order valence-electron chi connectivity index (χ1n) is 6.04. The van der Waals surface area contributed by atoms with Gasteiger partial charge in [-0.05, 0) is 30.3 Å². The smallest absolute Gasteiger partial charge is 0.180 e. The number of fused-ring (bicyclic) bond motifs is 1. The molecule has 0 bridgehead atoms. The fourth-order valence-electron chi connectivity index (χ4n) is 1.94. The zero-order chi connectivity index (χ0) is 14.3. The molecule has 0 saturated heterocycles. The SMILES string of the molecule is CN(C)c1ccc2[nH]c(-c3ccc(F)cc3Cl)nc2n1. The number of nitrogens with one attached hydrogen (secondary N) is 1. The van der Waals surface area contributed by atoms with Crippen molar-refractivity contribution in [3.63, 3.8) is 0 Å². The monoisotopic (exact) mass is 290 g/mol. The van der Waals surface area contributed by atoms with Gasteiger partial charge in [0, 0.05) is 19.7 Å². The van der Waals surface area contributed by atoms with Crippen LogP contribution in [0.2, 0.25) is 5.02 Å². The van der Waals surface area contributed by atoms with Gasteiger partial charge in [-0.15, -0.1) is 0 Å². The van der Waals surface area contributed by atoms with Crippen LogP contribution in [0.5, 0.6) is 0 Å². The van der Waals surface area contributed by atoms with Crippen LogP contribution in [0.3, 0.4) is 0 Å². The summed E-state index contributed by atoms with van der Waals surface area (Å²) >= 11 is 6.04. The minimum atomic E-state index is -0.372. The Morgan fingerprint density at radius 1 is 1.15 bits per heavy atom. The molecular formula is C14H12ClFN4. The van der Waals surface area contributed by atoms with E-state index in [4.69, 9.17) is 11.6 Å². The molecule has 0 spiro atoms. The number of rotatable bonds is 2. The highest BCUT2D eigenvalue weighted by molar-refractivity contribution is 6.33. The van der Waals surface area contributed by atoms with Crippen molar-refractivity contribution in [2.24, 2.45) is 0 Å². The lowest BCUT2D eigenvalue weighted by molar-refractivity contribution is 0.628. The zero-order valence-electron chi connectivity index (χ0n) is 11.0. The number of pyridine rings is 1. The van der Waals surface area contributed by atoms with E-state index >= 15 is 0 Å². The van der Waals surface area contributed by atoms with Gasteiger partial charge in [-0.25, -0.2) is 14.4 Å². The molecule has 2 heterocycles. The molecule has 0 amide bonds. The first-order chi connectivity index (χ1) is 9.54. The lowest BCUT2D eigenvalue weighted by Gasteiger charge is -2.09. The van der Waals surface area contributed by atoms with E-state index in [1.807, 2.05) is 31.1 Å². The van der Waals surface area contributed by atoms with Crippen LogP contribution in [-0.2, 0) is 0 Å². The standard InChI is InChI=1S/C14H12ClFN4/c1-20(2)12-6-5-11-14(18-12)19-13(17-11)9-4-3-8(16)7-10(9)15/h3-7H,1-2H3,(H,17,18,19). The van der Waals surface area contributed by atoms with E-state index in [9.17, 15) is 4.39 Å². The van der Waals surface area contributed by atoms with Gasteiger partial charge in [0.1, 0.15) is 17.5 Å². The van der Waals surface area contributed by atoms with Crippen molar-refractivity contribution in [3.8, 4) is 11.4 Å². The maximum atomic E-state index is 13.1. The van der Waals surface area contributed by atoms with Gasteiger partial charge < -0.3 is 9.88 Å². The summed E-state index contributed by atoms with van der Waals surface area (Å²) in [7, 11) is 3.83. The Balaban J connectivity index is 2.13. The Kier molecular flexibility index (Phi) is 3.06. The second kappa shape index (κ2) is 4.76. The van der Waals surface area contributed by atoms with Gasteiger partial charge in [0.15, 0.2) is 5.65 Å². The summed E-state index contributed by atoms with van der Waals surface area (Å²) in [4.78, 5) is 13.9. The largest absolute Gasteiger partial charge is 0.363 e. The van der Waals surface area contributed by atoms with E-state index in [2.05, 4.69) is 15.0 Å². The summed E-state index contributed by atoms with van der Waals surface area (Å²) in [5.41, 5.74) is 2.06.